The van der Waals surface area contributed by atoms with E-state index in [2.05, 4.69) is 10.2 Å². The Bertz CT molecular complexity index is 191. The number of aliphatic hydroxyl groups is 1. The summed E-state index contributed by atoms with van der Waals surface area (Å²) in [6.45, 7) is 6.94. The van der Waals surface area contributed by atoms with E-state index in [-0.39, 0.29) is 12.6 Å². The highest BCUT2D eigenvalue weighted by atomic mass is 16.3. The van der Waals surface area contributed by atoms with E-state index < -0.39 is 0 Å². The van der Waals surface area contributed by atoms with Gasteiger partial charge in [-0.15, -0.1) is 0 Å². The van der Waals surface area contributed by atoms with Crippen LogP contribution in [0, 0.1) is 0 Å². The Balaban J connectivity index is 2.21. The second kappa shape index (κ2) is 6.63. The lowest BCUT2D eigenvalue weighted by Gasteiger charge is -2.34. The third kappa shape index (κ3) is 4.05. The maximum Gasteiger partial charge on any atom is 0.317 e. The fraction of sp³-hybridized carbons (Fsp3) is 0.900. The van der Waals surface area contributed by atoms with Gasteiger partial charge in [-0.2, -0.15) is 0 Å². The lowest BCUT2D eigenvalue weighted by molar-refractivity contribution is 0.122. The highest BCUT2D eigenvalue weighted by molar-refractivity contribution is 5.74. The number of β-amino-alcohol motifs (C(OH)–C–C–N with tert-alkyl or cyclic N) is 1. The molecule has 1 saturated heterocycles. The number of nitrogens with one attached hydrogen (secondary N) is 1. The minimum Gasteiger partial charge on any atom is -0.395 e. The van der Waals surface area contributed by atoms with Gasteiger partial charge in [0.15, 0.2) is 0 Å². The first-order valence-electron chi connectivity index (χ1n) is 5.64. The molecule has 15 heavy (non-hydrogen) atoms. The molecule has 88 valence electrons. The Hall–Kier alpha value is -0.810. The van der Waals surface area contributed by atoms with Crippen LogP contribution in [0.15, 0.2) is 0 Å². The molecule has 1 fully saturated rings. The lowest BCUT2D eigenvalue weighted by Crippen LogP contribution is -2.52. The predicted octanol–water partition coefficient (Wildman–Crippen LogP) is -0.284. The molecular weight excluding hydrogens is 194 g/mol. The Morgan fingerprint density at radius 2 is 2.00 bits per heavy atom. The first-order chi connectivity index (χ1) is 7.27. The Labute approximate surface area is 91.0 Å². The Morgan fingerprint density at radius 1 is 1.33 bits per heavy atom. The molecule has 0 bridgehead atoms. The van der Waals surface area contributed by atoms with E-state index >= 15 is 0 Å². The average molecular weight is 215 g/mol. The molecule has 0 aromatic carbocycles. The van der Waals surface area contributed by atoms with Gasteiger partial charge >= 0.3 is 6.03 Å². The van der Waals surface area contributed by atoms with E-state index in [4.69, 9.17) is 5.11 Å². The highest BCUT2D eigenvalue weighted by Gasteiger charge is 2.19. The number of amides is 2. The van der Waals surface area contributed by atoms with Crippen LogP contribution < -0.4 is 5.32 Å². The summed E-state index contributed by atoms with van der Waals surface area (Å²) < 4.78 is 0. The zero-order valence-corrected chi connectivity index (χ0v) is 9.41. The number of urea groups is 1. The molecule has 0 unspecified atom stereocenters. The number of nitrogens with zero attached hydrogens (tertiary/aromatic N) is 2. The Morgan fingerprint density at radius 3 is 2.53 bits per heavy atom. The van der Waals surface area contributed by atoms with Gasteiger partial charge in [0.25, 0.3) is 0 Å². The summed E-state index contributed by atoms with van der Waals surface area (Å²) in [4.78, 5) is 15.6. The first kappa shape index (κ1) is 12.3. The molecule has 0 spiro atoms. The fourth-order valence-electron chi connectivity index (χ4n) is 1.66. The Kier molecular flexibility index (Phi) is 5.42. The molecule has 1 heterocycles. The molecule has 0 saturated carbocycles. The topological polar surface area (TPSA) is 55.8 Å². The van der Waals surface area contributed by atoms with Gasteiger partial charge in [-0.25, -0.2) is 4.79 Å². The minimum atomic E-state index is 0.0421. The molecule has 0 atom stereocenters. The van der Waals surface area contributed by atoms with Crippen molar-refractivity contribution in [3.63, 3.8) is 0 Å². The van der Waals surface area contributed by atoms with Crippen LogP contribution >= 0.6 is 0 Å². The summed E-state index contributed by atoms with van der Waals surface area (Å²) in [5, 5.41) is 11.6. The standard InChI is InChI=1S/C10H21N3O2/c1-2-3-11-10(15)13-6-4-12(5-7-13)8-9-14/h14H,2-9H2,1H3,(H,11,15). The molecule has 0 aromatic rings. The van der Waals surface area contributed by atoms with Crippen LogP contribution in [0.1, 0.15) is 13.3 Å². The molecule has 1 rings (SSSR count). The third-order valence-electron chi connectivity index (χ3n) is 2.60. The number of carbonyl (C=O) groups excluding carboxylic acids is 1. The van der Waals surface area contributed by atoms with Gasteiger partial charge in [0.1, 0.15) is 0 Å². The number of aliphatic hydroxyl groups excluding tert-OH is 1. The van der Waals surface area contributed by atoms with Gasteiger partial charge in [-0.3, -0.25) is 4.90 Å². The summed E-state index contributed by atoms with van der Waals surface area (Å²) in [6.07, 6.45) is 0.968. The van der Waals surface area contributed by atoms with Crippen LogP contribution in [0.2, 0.25) is 0 Å². The van der Waals surface area contributed by atoms with Crippen molar-refractivity contribution in [1.29, 1.82) is 0 Å². The lowest BCUT2D eigenvalue weighted by atomic mass is 10.3. The van der Waals surface area contributed by atoms with Gasteiger partial charge in [0.05, 0.1) is 6.61 Å². The maximum absolute atomic E-state index is 11.6. The predicted molar refractivity (Wildman–Crippen MR) is 58.8 cm³/mol. The van der Waals surface area contributed by atoms with Gasteiger partial charge < -0.3 is 15.3 Å². The van der Waals surface area contributed by atoms with E-state index in [0.29, 0.717) is 6.54 Å². The van der Waals surface area contributed by atoms with Crippen molar-refractivity contribution in [2.45, 2.75) is 13.3 Å². The van der Waals surface area contributed by atoms with E-state index in [9.17, 15) is 4.79 Å². The van der Waals surface area contributed by atoms with Crippen LogP contribution in [0.3, 0.4) is 0 Å². The smallest absolute Gasteiger partial charge is 0.317 e. The molecular formula is C10H21N3O2. The maximum atomic E-state index is 11.6. The zero-order valence-electron chi connectivity index (χ0n) is 9.41. The second-order valence-corrected chi connectivity index (χ2v) is 3.78. The monoisotopic (exact) mass is 215 g/mol. The SMILES string of the molecule is CCCNC(=O)N1CCN(CCO)CC1. The van der Waals surface area contributed by atoms with Gasteiger partial charge in [0.2, 0.25) is 0 Å². The highest BCUT2D eigenvalue weighted by Crippen LogP contribution is 2.01. The molecule has 0 aromatic heterocycles. The zero-order chi connectivity index (χ0) is 11.1. The van der Waals surface area contributed by atoms with Crippen LogP contribution in [-0.2, 0) is 0 Å². The van der Waals surface area contributed by atoms with E-state index in [1.165, 1.54) is 0 Å². The quantitative estimate of drug-likeness (QED) is 0.678. The molecule has 0 aliphatic carbocycles. The molecule has 2 amide bonds. The van der Waals surface area contributed by atoms with E-state index in [1.54, 1.807) is 0 Å². The third-order valence-corrected chi connectivity index (χ3v) is 2.60. The molecule has 0 radical (unpaired) electrons. The average Bonchev–Trinajstić information content (AvgIpc) is 2.27. The fourth-order valence-corrected chi connectivity index (χ4v) is 1.66. The van der Waals surface area contributed by atoms with Crippen molar-refractivity contribution in [2.75, 3.05) is 45.9 Å². The number of hydrogen-bond acceptors (Lipinski definition) is 3. The van der Waals surface area contributed by atoms with Gasteiger partial charge in [-0.05, 0) is 6.42 Å². The molecule has 1 aliphatic rings. The van der Waals surface area contributed by atoms with Crippen molar-refractivity contribution >= 4 is 6.03 Å². The minimum absolute atomic E-state index is 0.0421. The molecule has 5 nitrogen and oxygen atoms in total. The number of carbonyl (C=O) groups is 1. The van der Waals surface area contributed by atoms with Gasteiger partial charge in [0, 0.05) is 39.3 Å². The number of piperazine rings is 1. The summed E-state index contributed by atoms with van der Waals surface area (Å²) >= 11 is 0. The van der Waals surface area contributed by atoms with Crippen molar-refractivity contribution in [3.8, 4) is 0 Å². The normalized spacial score (nSPS) is 17.9. The van der Waals surface area contributed by atoms with Crippen LogP contribution in [-0.4, -0.2) is 66.8 Å². The molecule has 2 N–H and O–H groups in total. The van der Waals surface area contributed by atoms with Gasteiger partial charge in [-0.1, -0.05) is 6.92 Å². The van der Waals surface area contributed by atoms with E-state index in [0.717, 1.165) is 39.1 Å². The van der Waals surface area contributed by atoms with E-state index in [1.807, 2.05) is 11.8 Å². The molecule has 5 heteroatoms. The van der Waals surface area contributed by atoms with Crippen LogP contribution in [0.25, 0.3) is 0 Å². The molecule has 1 aliphatic heterocycles. The summed E-state index contributed by atoms with van der Waals surface area (Å²) in [7, 11) is 0. The van der Waals surface area contributed by atoms with Crippen molar-refractivity contribution in [3.05, 3.63) is 0 Å². The van der Waals surface area contributed by atoms with Crippen LogP contribution in [0.4, 0.5) is 4.79 Å². The largest absolute Gasteiger partial charge is 0.395 e. The van der Waals surface area contributed by atoms with Crippen molar-refractivity contribution < 1.29 is 9.90 Å². The summed E-state index contributed by atoms with van der Waals surface area (Å²) in [5.74, 6) is 0. The summed E-state index contributed by atoms with van der Waals surface area (Å²) in [5.41, 5.74) is 0. The summed E-state index contributed by atoms with van der Waals surface area (Å²) in [6, 6.07) is 0.0421. The van der Waals surface area contributed by atoms with Crippen molar-refractivity contribution in [2.24, 2.45) is 0 Å². The van der Waals surface area contributed by atoms with Crippen LogP contribution in [0.5, 0.6) is 0 Å². The van der Waals surface area contributed by atoms with Crippen molar-refractivity contribution in [1.82, 2.24) is 15.1 Å². The number of rotatable bonds is 4. The second-order valence-electron chi connectivity index (χ2n) is 3.78. The first-order valence-corrected chi connectivity index (χ1v) is 5.64. The number of hydrogen-bond donors (Lipinski definition) is 2.